The molecule has 1 saturated heterocycles. The molecule has 1 aromatic heterocycles. The minimum atomic E-state index is -0.302. The van der Waals surface area contributed by atoms with E-state index in [2.05, 4.69) is 17.2 Å². The van der Waals surface area contributed by atoms with Crippen molar-refractivity contribution in [1.82, 2.24) is 10.3 Å². The summed E-state index contributed by atoms with van der Waals surface area (Å²) in [5.41, 5.74) is 0.849. The number of likely N-dealkylation sites (N-methyl/N-ethyl adjacent to an activating group) is 1. The zero-order chi connectivity index (χ0) is 11.5. The summed E-state index contributed by atoms with van der Waals surface area (Å²) in [4.78, 5) is 3.87. The summed E-state index contributed by atoms with van der Waals surface area (Å²) in [7, 11) is 1.86. The molecule has 0 saturated carbocycles. The van der Waals surface area contributed by atoms with E-state index in [0.29, 0.717) is 6.10 Å². The molecular weight excluding hydrogens is 207 g/mol. The Bertz CT molecular complexity index is 359. The SMILES string of the molecule is CNC(c1cncc(F)c1)C1CCC(C)O1. The van der Waals surface area contributed by atoms with Crippen LogP contribution in [-0.4, -0.2) is 24.2 Å². The van der Waals surface area contributed by atoms with Gasteiger partial charge in [0.2, 0.25) is 0 Å². The number of hydrogen-bond donors (Lipinski definition) is 1. The molecule has 0 amide bonds. The number of rotatable bonds is 3. The number of hydrogen-bond acceptors (Lipinski definition) is 3. The van der Waals surface area contributed by atoms with E-state index in [0.717, 1.165) is 18.4 Å². The molecule has 2 heterocycles. The highest BCUT2D eigenvalue weighted by Crippen LogP contribution is 2.29. The van der Waals surface area contributed by atoms with E-state index >= 15 is 0 Å². The number of aromatic nitrogens is 1. The van der Waals surface area contributed by atoms with Crippen LogP contribution in [0.1, 0.15) is 31.4 Å². The smallest absolute Gasteiger partial charge is 0.141 e. The molecule has 3 unspecified atom stereocenters. The Kier molecular flexibility index (Phi) is 3.51. The normalized spacial score (nSPS) is 26.9. The Morgan fingerprint density at radius 3 is 2.88 bits per heavy atom. The Hall–Kier alpha value is -1.00. The van der Waals surface area contributed by atoms with Crippen molar-refractivity contribution in [3.8, 4) is 0 Å². The lowest BCUT2D eigenvalue weighted by Gasteiger charge is -2.23. The average Bonchev–Trinajstić information content (AvgIpc) is 2.66. The lowest BCUT2D eigenvalue weighted by Crippen LogP contribution is -2.29. The molecule has 4 heteroatoms. The summed E-state index contributed by atoms with van der Waals surface area (Å²) in [5.74, 6) is -0.302. The van der Waals surface area contributed by atoms with Gasteiger partial charge in [0, 0.05) is 6.20 Å². The number of ether oxygens (including phenoxy) is 1. The molecule has 1 aliphatic heterocycles. The Balaban J connectivity index is 2.16. The number of nitrogens with one attached hydrogen (secondary N) is 1. The lowest BCUT2D eigenvalue weighted by molar-refractivity contribution is 0.0332. The molecule has 3 nitrogen and oxygen atoms in total. The first kappa shape index (κ1) is 11.5. The summed E-state index contributed by atoms with van der Waals surface area (Å²) < 4.78 is 18.9. The molecule has 16 heavy (non-hydrogen) atoms. The van der Waals surface area contributed by atoms with Gasteiger partial charge in [-0.25, -0.2) is 4.39 Å². The van der Waals surface area contributed by atoms with Gasteiger partial charge in [-0.15, -0.1) is 0 Å². The van der Waals surface area contributed by atoms with E-state index < -0.39 is 0 Å². The fraction of sp³-hybridized carbons (Fsp3) is 0.583. The number of pyridine rings is 1. The van der Waals surface area contributed by atoms with Gasteiger partial charge in [0.15, 0.2) is 0 Å². The summed E-state index contributed by atoms with van der Waals surface area (Å²) >= 11 is 0. The van der Waals surface area contributed by atoms with Crippen molar-refractivity contribution >= 4 is 0 Å². The van der Waals surface area contributed by atoms with E-state index in [9.17, 15) is 4.39 Å². The Morgan fingerprint density at radius 2 is 2.31 bits per heavy atom. The fourth-order valence-corrected chi connectivity index (χ4v) is 2.24. The van der Waals surface area contributed by atoms with Gasteiger partial charge in [0.25, 0.3) is 0 Å². The van der Waals surface area contributed by atoms with Gasteiger partial charge in [0.1, 0.15) is 5.82 Å². The van der Waals surface area contributed by atoms with Crippen LogP contribution in [0.4, 0.5) is 4.39 Å². The highest BCUT2D eigenvalue weighted by molar-refractivity contribution is 5.17. The average molecular weight is 224 g/mol. The first-order valence-electron chi connectivity index (χ1n) is 5.64. The maximum atomic E-state index is 13.1. The first-order chi connectivity index (χ1) is 7.70. The third-order valence-electron chi connectivity index (χ3n) is 3.03. The Labute approximate surface area is 95.0 Å². The van der Waals surface area contributed by atoms with Crippen LogP contribution in [0.2, 0.25) is 0 Å². The maximum absolute atomic E-state index is 13.1. The lowest BCUT2D eigenvalue weighted by atomic mass is 10.0. The molecule has 1 aliphatic rings. The summed E-state index contributed by atoms with van der Waals surface area (Å²) in [6.45, 7) is 2.07. The topological polar surface area (TPSA) is 34.2 Å². The van der Waals surface area contributed by atoms with E-state index in [-0.39, 0.29) is 18.0 Å². The third kappa shape index (κ3) is 2.39. The van der Waals surface area contributed by atoms with Gasteiger partial charge in [0.05, 0.1) is 24.4 Å². The number of halogens is 1. The molecule has 0 spiro atoms. The first-order valence-corrected chi connectivity index (χ1v) is 5.64. The molecule has 0 radical (unpaired) electrons. The predicted molar refractivity (Wildman–Crippen MR) is 59.6 cm³/mol. The van der Waals surface area contributed by atoms with Crippen molar-refractivity contribution in [1.29, 1.82) is 0 Å². The zero-order valence-electron chi connectivity index (χ0n) is 9.61. The van der Waals surface area contributed by atoms with Crippen molar-refractivity contribution in [2.24, 2.45) is 0 Å². The minimum absolute atomic E-state index is 0.0214. The van der Waals surface area contributed by atoms with E-state index in [1.165, 1.54) is 12.3 Å². The highest BCUT2D eigenvalue weighted by atomic mass is 19.1. The van der Waals surface area contributed by atoms with Crippen LogP contribution >= 0.6 is 0 Å². The van der Waals surface area contributed by atoms with Gasteiger partial charge in [-0.3, -0.25) is 4.98 Å². The van der Waals surface area contributed by atoms with Crippen LogP contribution in [0.15, 0.2) is 18.5 Å². The van der Waals surface area contributed by atoms with Crippen molar-refractivity contribution in [2.45, 2.75) is 38.0 Å². The van der Waals surface area contributed by atoms with Crippen LogP contribution in [0.25, 0.3) is 0 Å². The van der Waals surface area contributed by atoms with Gasteiger partial charge < -0.3 is 10.1 Å². The minimum Gasteiger partial charge on any atom is -0.373 e. The van der Waals surface area contributed by atoms with Gasteiger partial charge >= 0.3 is 0 Å². The molecule has 2 rings (SSSR count). The second-order valence-electron chi connectivity index (χ2n) is 4.27. The standard InChI is InChI=1S/C12H17FN2O/c1-8-3-4-11(16-8)12(14-2)9-5-10(13)7-15-6-9/h5-8,11-12,14H,3-4H2,1-2H3. The van der Waals surface area contributed by atoms with Crippen LogP contribution in [0, 0.1) is 5.82 Å². The Morgan fingerprint density at radius 1 is 1.50 bits per heavy atom. The largest absolute Gasteiger partial charge is 0.373 e. The molecule has 0 bridgehead atoms. The molecule has 1 N–H and O–H groups in total. The van der Waals surface area contributed by atoms with Crippen molar-refractivity contribution < 1.29 is 9.13 Å². The van der Waals surface area contributed by atoms with Crippen molar-refractivity contribution in [3.05, 3.63) is 29.8 Å². The second-order valence-corrected chi connectivity index (χ2v) is 4.27. The maximum Gasteiger partial charge on any atom is 0.141 e. The van der Waals surface area contributed by atoms with Crippen LogP contribution < -0.4 is 5.32 Å². The molecular formula is C12H17FN2O. The molecule has 1 fully saturated rings. The van der Waals surface area contributed by atoms with Crippen LogP contribution in [-0.2, 0) is 4.74 Å². The van der Waals surface area contributed by atoms with Crippen molar-refractivity contribution in [2.75, 3.05) is 7.05 Å². The molecule has 1 aromatic rings. The summed E-state index contributed by atoms with van der Waals surface area (Å²) in [6.07, 6.45) is 5.38. The van der Waals surface area contributed by atoms with E-state index in [1.807, 2.05) is 7.05 Å². The molecule has 88 valence electrons. The summed E-state index contributed by atoms with van der Waals surface area (Å²) in [5, 5.41) is 3.18. The van der Waals surface area contributed by atoms with Gasteiger partial charge in [-0.2, -0.15) is 0 Å². The quantitative estimate of drug-likeness (QED) is 0.853. The zero-order valence-corrected chi connectivity index (χ0v) is 9.61. The monoisotopic (exact) mass is 224 g/mol. The van der Waals surface area contributed by atoms with Gasteiger partial charge in [-0.1, -0.05) is 0 Å². The predicted octanol–water partition coefficient (Wildman–Crippen LogP) is 2.05. The fourth-order valence-electron chi connectivity index (χ4n) is 2.24. The molecule has 3 atom stereocenters. The van der Waals surface area contributed by atoms with Crippen LogP contribution in [0.5, 0.6) is 0 Å². The third-order valence-corrected chi connectivity index (χ3v) is 3.03. The second kappa shape index (κ2) is 4.89. The summed E-state index contributed by atoms with van der Waals surface area (Å²) in [6, 6.07) is 1.54. The molecule has 0 aromatic carbocycles. The molecule has 0 aliphatic carbocycles. The van der Waals surface area contributed by atoms with E-state index in [1.54, 1.807) is 6.20 Å². The van der Waals surface area contributed by atoms with Crippen LogP contribution in [0.3, 0.4) is 0 Å². The number of nitrogens with zero attached hydrogens (tertiary/aromatic N) is 1. The van der Waals surface area contributed by atoms with Crippen molar-refractivity contribution in [3.63, 3.8) is 0 Å². The van der Waals surface area contributed by atoms with E-state index in [4.69, 9.17) is 4.74 Å². The highest BCUT2D eigenvalue weighted by Gasteiger charge is 2.29. The van der Waals surface area contributed by atoms with Gasteiger partial charge in [-0.05, 0) is 38.4 Å².